The van der Waals surface area contributed by atoms with Crippen LogP contribution in [0.25, 0.3) is 5.69 Å². The van der Waals surface area contributed by atoms with Gasteiger partial charge in [-0.2, -0.15) is 4.68 Å². The molecule has 0 radical (unpaired) electrons. The van der Waals surface area contributed by atoms with E-state index in [0.29, 0.717) is 17.8 Å². The van der Waals surface area contributed by atoms with Crippen LogP contribution in [-0.4, -0.2) is 39.4 Å². The van der Waals surface area contributed by atoms with Crippen LogP contribution in [0.3, 0.4) is 0 Å². The van der Waals surface area contributed by atoms with Crippen LogP contribution in [0.15, 0.2) is 58.1 Å². The first kappa shape index (κ1) is 21.0. The normalized spacial score (nSPS) is 14.5. The molecule has 1 aliphatic heterocycles. The van der Waals surface area contributed by atoms with E-state index in [1.165, 1.54) is 30.3 Å². The quantitative estimate of drug-likeness (QED) is 0.608. The van der Waals surface area contributed by atoms with Crippen molar-refractivity contribution in [2.24, 2.45) is 0 Å². The Morgan fingerprint density at radius 3 is 2.39 bits per heavy atom. The van der Waals surface area contributed by atoms with Gasteiger partial charge < -0.3 is 4.74 Å². The van der Waals surface area contributed by atoms with Crippen molar-refractivity contribution < 1.29 is 9.13 Å². The Kier molecular flexibility index (Phi) is 6.27. The van der Waals surface area contributed by atoms with Crippen molar-refractivity contribution in [3.05, 3.63) is 86.3 Å². The molecule has 1 aromatic heterocycles. The number of likely N-dealkylation sites (tertiary alicyclic amines) is 1. The van der Waals surface area contributed by atoms with Crippen molar-refractivity contribution in [3.63, 3.8) is 0 Å². The summed E-state index contributed by atoms with van der Waals surface area (Å²) < 4.78 is 20.7. The second-order valence-electron chi connectivity index (χ2n) is 7.69. The van der Waals surface area contributed by atoms with Crippen LogP contribution in [-0.2, 0) is 13.1 Å². The number of hydrogen-bond donors (Lipinski definition) is 0. The average Bonchev–Trinajstić information content (AvgIpc) is 2.79. The molecule has 0 atom stereocenters. The predicted molar refractivity (Wildman–Crippen MR) is 115 cm³/mol. The van der Waals surface area contributed by atoms with Crippen LogP contribution in [0, 0.1) is 5.82 Å². The van der Waals surface area contributed by atoms with E-state index in [4.69, 9.17) is 4.74 Å². The zero-order chi connectivity index (χ0) is 21.8. The summed E-state index contributed by atoms with van der Waals surface area (Å²) in [5, 5.41) is 4.20. The molecular formula is C23H25FN4O3. The fraction of sp³-hybridized carbons (Fsp3) is 0.348. The van der Waals surface area contributed by atoms with Gasteiger partial charge in [-0.3, -0.25) is 9.69 Å². The Bertz CT molecular complexity index is 1160. The Morgan fingerprint density at radius 1 is 0.968 bits per heavy atom. The van der Waals surface area contributed by atoms with Crippen LogP contribution in [0.2, 0.25) is 0 Å². The Labute approximate surface area is 179 Å². The molecule has 7 nitrogen and oxygen atoms in total. The molecule has 2 aromatic carbocycles. The summed E-state index contributed by atoms with van der Waals surface area (Å²) in [4.78, 5) is 28.4. The smallest absolute Gasteiger partial charge is 0.352 e. The lowest BCUT2D eigenvalue weighted by Crippen LogP contribution is -2.42. The number of methoxy groups -OCH3 is 1. The fourth-order valence-electron chi connectivity index (χ4n) is 3.90. The molecule has 1 fully saturated rings. The summed E-state index contributed by atoms with van der Waals surface area (Å²) in [5.41, 5.74) is 1.00. The van der Waals surface area contributed by atoms with E-state index in [-0.39, 0.29) is 18.2 Å². The lowest BCUT2D eigenvalue weighted by Gasteiger charge is -2.27. The van der Waals surface area contributed by atoms with E-state index >= 15 is 0 Å². The lowest BCUT2D eigenvalue weighted by molar-refractivity contribution is 0.220. The number of ether oxygens (including phenoxy) is 1. The van der Waals surface area contributed by atoms with Gasteiger partial charge in [0.25, 0.3) is 5.88 Å². The minimum absolute atomic E-state index is 0.00881. The number of para-hydroxylation sites is 1. The van der Waals surface area contributed by atoms with Crippen LogP contribution in [0.5, 0.6) is 5.88 Å². The summed E-state index contributed by atoms with van der Waals surface area (Å²) >= 11 is 0. The highest BCUT2D eigenvalue weighted by Crippen LogP contribution is 2.18. The summed E-state index contributed by atoms with van der Waals surface area (Å²) in [6.07, 6.45) is 3.57. The summed E-state index contributed by atoms with van der Waals surface area (Å²) in [5.74, 6) is -0.554. The standard InChI is InChI=1S/C23H25FN4O3/c1-31-21-22(29)27(15-17-9-11-19(24)12-10-17)23(30)28(25-21)20-8-4-3-7-18(20)16-26-13-5-2-6-14-26/h3-4,7-12H,2,5-6,13-16H2,1H3. The molecule has 8 heteroatoms. The van der Waals surface area contributed by atoms with E-state index in [2.05, 4.69) is 10.00 Å². The molecule has 31 heavy (non-hydrogen) atoms. The number of aromatic nitrogens is 3. The second kappa shape index (κ2) is 9.26. The van der Waals surface area contributed by atoms with Crippen molar-refractivity contribution in [1.82, 2.24) is 19.2 Å². The van der Waals surface area contributed by atoms with Gasteiger partial charge in [0.05, 0.1) is 19.3 Å². The lowest BCUT2D eigenvalue weighted by atomic mass is 10.1. The number of piperidine rings is 1. The molecule has 1 saturated heterocycles. The molecule has 0 N–H and O–H groups in total. The zero-order valence-electron chi connectivity index (χ0n) is 17.5. The van der Waals surface area contributed by atoms with Gasteiger partial charge in [-0.15, -0.1) is 5.10 Å². The second-order valence-corrected chi connectivity index (χ2v) is 7.69. The van der Waals surface area contributed by atoms with Gasteiger partial charge >= 0.3 is 11.2 Å². The molecule has 0 aliphatic carbocycles. The van der Waals surface area contributed by atoms with E-state index in [1.54, 1.807) is 12.1 Å². The topological polar surface area (TPSA) is 69.4 Å². The molecule has 0 amide bonds. The molecular weight excluding hydrogens is 399 g/mol. The molecule has 0 saturated carbocycles. The number of halogens is 1. The van der Waals surface area contributed by atoms with Gasteiger partial charge in [-0.25, -0.2) is 13.8 Å². The molecule has 2 heterocycles. The number of rotatable bonds is 6. The SMILES string of the molecule is COc1nn(-c2ccccc2CN2CCCCC2)c(=O)n(Cc2ccc(F)cc2)c1=O. The third-order valence-corrected chi connectivity index (χ3v) is 5.54. The van der Waals surface area contributed by atoms with Gasteiger partial charge in [0, 0.05) is 6.54 Å². The molecule has 0 bridgehead atoms. The molecule has 0 spiro atoms. The maximum atomic E-state index is 13.3. The summed E-state index contributed by atoms with van der Waals surface area (Å²) in [6, 6.07) is 13.2. The van der Waals surface area contributed by atoms with Crippen molar-refractivity contribution in [3.8, 4) is 11.6 Å². The van der Waals surface area contributed by atoms with Gasteiger partial charge in [0.2, 0.25) is 0 Å². The summed E-state index contributed by atoms with van der Waals surface area (Å²) in [7, 11) is 1.35. The van der Waals surface area contributed by atoms with Gasteiger partial charge in [-0.05, 0) is 55.3 Å². The van der Waals surface area contributed by atoms with Crippen molar-refractivity contribution in [2.75, 3.05) is 20.2 Å². The molecule has 1 aliphatic rings. The van der Waals surface area contributed by atoms with Crippen LogP contribution in [0.4, 0.5) is 4.39 Å². The fourth-order valence-corrected chi connectivity index (χ4v) is 3.90. The average molecular weight is 424 g/mol. The zero-order valence-corrected chi connectivity index (χ0v) is 17.5. The van der Waals surface area contributed by atoms with Crippen LogP contribution in [0.1, 0.15) is 30.4 Å². The van der Waals surface area contributed by atoms with E-state index in [0.717, 1.165) is 36.1 Å². The minimum Gasteiger partial charge on any atom is -0.476 e. The third-order valence-electron chi connectivity index (χ3n) is 5.54. The Balaban J connectivity index is 1.78. The van der Waals surface area contributed by atoms with Crippen molar-refractivity contribution >= 4 is 0 Å². The highest BCUT2D eigenvalue weighted by molar-refractivity contribution is 5.40. The predicted octanol–water partition coefficient (Wildman–Crippen LogP) is 2.58. The Hall–Kier alpha value is -3.26. The first-order chi connectivity index (χ1) is 15.1. The Morgan fingerprint density at radius 2 is 1.68 bits per heavy atom. The third kappa shape index (κ3) is 4.59. The van der Waals surface area contributed by atoms with E-state index in [9.17, 15) is 14.0 Å². The molecule has 4 rings (SSSR count). The van der Waals surface area contributed by atoms with Gasteiger partial charge in [0.15, 0.2) is 0 Å². The van der Waals surface area contributed by atoms with Crippen molar-refractivity contribution in [2.45, 2.75) is 32.4 Å². The highest BCUT2D eigenvalue weighted by Gasteiger charge is 2.19. The highest BCUT2D eigenvalue weighted by atomic mass is 19.1. The van der Waals surface area contributed by atoms with Crippen LogP contribution >= 0.6 is 0 Å². The molecule has 3 aromatic rings. The monoisotopic (exact) mass is 424 g/mol. The number of hydrogen-bond acceptors (Lipinski definition) is 5. The van der Waals surface area contributed by atoms with E-state index in [1.807, 2.05) is 24.3 Å². The number of benzene rings is 2. The van der Waals surface area contributed by atoms with Crippen LogP contribution < -0.4 is 16.0 Å². The largest absolute Gasteiger partial charge is 0.476 e. The maximum Gasteiger partial charge on any atom is 0.352 e. The first-order valence-corrected chi connectivity index (χ1v) is 10.4. The van der Waals surface area contributed by atoms with Gasteiger partial charge in [-0.1, -0.05) is 36.8 Å². The van der Waals surface area contributed by atoms with Gasteiger partial charge in [0.1, 0.15) is 5.82 Å². The molecule has 0 unspecified atom stereocenters. The van der Waals surface area contributed by atoms with E-state index < -0.39 is 11.2 Å². The summed E-state index contributed by atoms with van der Waals surface area (Å²) in [6.45, 7) is 2.73. The maximum absolute atomic E-state index is 13.3. The number of nitrogens with zero attached hydrogens (tertiary/aromatic N) is 4. The minimum atomic E-state index is -0.624. The molecule has 162 valence electrons. The van der Waals surface area contributed by atoms with Crippen molar-refractivity contribution in [1.29, 1.82) is 0 Å². The first-order valence-electron chi connectivity index (χ1n) is 10.4.